The van der Waals surface area contributed by atoms with Crippen LogP contribution in [0.15, 0.2) is 95.5 Å². The van der Waals surface area contributed by atoms with Crippen molar-refractivity contribution in [1.29, 1.82) is 0 Å². The van der Waals surface area contributed by atoms with Crippen LogP contribution >= 0.6 is 0 Å². The van der Waals surface area contributed by atoms with Crippen molar-refractivity contribution in [1.82, 2.24) is 4.98 Å². The third-order valence-electron chi connectivity index (χ3n) is 5.64. The monoisotopic (exact) mass is 363 g/mol. The molecule has 0 amide bonds. The molecular formula is C26H21NO. The molecule has 0 saturated heterocycles. The summed E-state index contributed by atoms with van der Waals surface area (Å²) in [5.41, 5.74) is 6.15. The van der Waals surface area contributed by atoms with Gasteiger partial charge in [-0.1, -0.05) is 74.5 Å². The molecule has 0 atom stereocenters. The van der Waals surface area contributed by atoms with Crippen LogP contribution in [0, 0.1) is 0 Å². The maximum atomic E-state index is 6.37. The Morgan fingerprint density at radius 1 is 0.750 bits per heavy atom. The summed E-state index contributed by atoms with van der Waals surface area (Å²) in [4.78, 5) is 4.56. The molecule has 3 aromatic carbocycles. The molecule has 5 aromatic rings. The average Bonchev–Trinajstić information content (AvgIpc) is 3.14. The second-order valence-electron chi connectivity index (χ2n) is 7.67. The second-order valence-corrected chi connectivity index (χ2v) is 7.67. The number of aromatic nitrogens is 1. The molecule has 28 heavy (non-hydrogen) atoms. The standard InChI is InChI=1S/C26H21NO/c1-26(2,18-10-4-3-5-11-18)21-16-15-19(22-13-8-9-17-27-22)25-24(21)20-12-6-7-14-23(20)28-25/h3-17H,1-2H3. The summed E-state index contributed by atoms with van der Waals surface area (Å²) >= 11 is 0. The molecule has 2 heterocycles. The molecule has 0 fully saturated rings. The zero-order valence-corrected chi connectivity index (χ0v) is 16.0. The summed E-state index contributed by atoms with van der Waals surface area (Å²) in [5.74, 6) is 0. The van der Waals surface area contributed by atoms with Gasteiger partial charge in [-0.05, 0) is 35.4 Å². The van der Waals surface area contributed by atoms with Gasteiger partial charge in [0.15, 0.2) is 0 Å². The van der Waals surface area contributed by atoms with Crippen LogP contribution in [0.5, 0.6) is 0 Å². The van der Waals surface area contributed by atoms with E-state index in [2.05, 4.69) is 73.4 Å². The minimum Gasteiger partial charge on any atom is -0.455 e. The van der Waals surface area contributed by atoms with Crippen molar-refractivity contribution in [3.05, 3.63) is 102 Å². The topological polar surface area (TPSA) is 26.0 Å². The molecule has 2 nitrogen and oxygen atoms in total. The highest BCUT2D eigenvalue weighted by molar-refractivity contribution is 6.11. The van der Waals surface area contributed by atoms with E-state index in [1.807, 2.05) is 36.5 Å². The van der Waals surface area contributed by atoms with Crippen molar-refractivity contribution < 1.29 is 4.42 Å². The molecular weight excluding hydrogens is 342 g/mol. The molecule has 0 spiro atoms. The lowest BCUT2D eigenvalue weighted by molar-refractivity contribution is 0.642. The van der Waals surface area contributed by atoms with Crippen LogP contribution in [0.1, 0.15) is 25.0 Å². The number of nitrogens with zero attached hydrogens (tertiary/aromatic N) is 1. The van der Waals surface area contributed by atoms with Gasteiger partial charge in [0.2, 0.25) is 0 Å². The minimum absolute atomic E-state index is 0.158. The fourth-order valence-electron chi connectivity index (χ4n) is 4.08. The number of furan rings is 1. The zero-order valence-electron chi connectivity index (χ0n) is 16.0. The molecule has 0 aliphatic carbocycles. The lowest BCUT2D eigenvalue weighted by Crippen LogP contribution is -2.19. The van der Waals surface area contributed by atoms with E-state index in [1.165, 1.54) is 16.5 Å². The molecule has 0 bridgehead atoms. The van der Waals surface area contributed by atoms with Crippen molar-refractivity contribution >= 4 is 21.9 Å². The van der Waals surface area contributed by atoms with E-state index in [-0.39, 0.29) is 5.41 Å². The first-order valence-electron chi connectivity index (χ1n) is 9.58. The summed E-state index contributed by atoms with van der Waals surface area (Å²) in [6.45, 7) is 4.55. The van der Waals surface area contributed by atoms with Crippen molar-refractivity contribution in [3.8, 4) is 11.3 Å². The van der Waals surface area contributed by atoms with Crippen LogP contribution < -0.4 is 0 Å². The Kier molecular flexibility index (Phi) is 3.80. The first-order chi connectivity index (χ1) is 13.7. The van der Waals surface area contributed by atoms with Crippen LogP contribution in [-0.4, -0.2) is 4.98 Å². The van der Waals surface area contributed by atoms with E-state index in [9.17, 15) is 0 Å². The summed E-state index contributed by atoms with van der Waals surface area (Å²) in [6, 6.07) is 29.3. The highest BCUT2D eigenvalue weighted by Crippen LogP contribution is 2.43. The van der Waals surface area contributed by atoms with Crippen LogP contribution in [0.2, 0.25) is 0 Å². The summed E-state index contributed by atoms with van der Waals surface area (Å²) < 4.78 is 6.37. The Hall–Kier alpha value is -3.39. The van der Waals surface area contributed by atoms with Crippen LogP contribution in [0.4, 0.5) is 0 Å². The van der Waals surface area contributed by atoms with Crippen LogP contribution in [0.25, 0.3) is 33.2 Å². The lowest BCUT2D eigenvalue weighted by atomic mass is 9.76. The SMILES string of the molecule is CC(C)(c1ccccc1)c1ccc(-c2ccccn2)c2oc3ccccc3c12. The first kappa shape index (κ1) is 16.8. The Labute approximate surface area is 164 Å². The summed E-state index contributed by atoms with van der Waals surface area (Å²) in [6.07, 6.45) is 1.83. The van der Waals surface area contributed by atoms with Gasteiger partial charge < -0.3 is 4.42 Å². The largest absolute Gasteiger partial charge is 0.455 e. The lowest BCUT2D eigenvalue weighted by Gasteiger charge is -2.27. The van der Waals surface area contributed by atoms with Gasteiger partial charge in [-0.3, -0.25) is 4.98 Å². The number of pyridine rings is 1. The van der Waals surface area contributed by atoms with E-state index < -0.39 is 0 Å². The Morgan fingerprint density at radius 2 is 1.50 bits per heavy atom. The highest BCUT2D eigenvalue weighted by Gasteiger charge is 2.28. The molecule has 0 radical (unpaired) electrons. The van der Waals surface area contributed by atoms with Crippen molar-refractivity contribution in [2.75, 3.05) is 0 Å². The van der Waals surface area contributed by atoms with Gasteiger partial charge in [0.1, 0.15) is 11.2 Å². The van der Waals surface area contributed by atoms with E-state index in [1.54, 1.807) is 0 Å². The molecule has 0 N–H and O–H groups in total. The molecule has 0 aliphatic heterocycles. The Balaban J connectivity index is 1.87. The number of rotatable bonds is 3. The predicted octanol–water partition coefficient (Wildman–Crippen LogP) is 6.97. The highest BCUT2D eigenvalue weighted by atomic mass is 16.3. The van der Waals surface area contributed by atoms with Gasteiger partial charge in [0.25, 0.3) is 0 Å². The van der Waals surface area contributed by atoms with Gasteiger partial charge in [-0.15, -0.1) is 0 Å². The molecule has 0 unspecified atom stereocenters. The molecule has 2 aromatic heterocycles. The fourth-order valence-corrected chi connectivity index (χ4v) is 4.08. The molecule has 0 saturated carbocycles. The predicted molar refractivity (Wildman–Crippen MR) is 116 cm³/mol. The summed E-state index contributed by atoms with van der Waals surface area (Å²) in [7, 11) is 0. The minimum atomic E-state index is -0.158. The van der Waals surface area contributed by atoms with Gasteiger partial charge in [-0.25, -0.2) is 0 Å². The first-order valence-corrected chi connectivity index (χ1v) is 9.58. The van der Waals surface area contributed by atoms with E-state index in [4.69, 9.17) is 4.42 Å². The van der Waals surface area contributed by atoms with Crippen molar-refractivity contribution in [2.45, 2.75) is 19.3 Å². The van der Waals surface area contributed by atoms with Gasteiger partial charge in [0.05, 0.1) is 5.69 Å². The van der Waals surface area contributed by atoms with Crippen molar-refractivity contribution in [2.24, 2.45) is 0 Å². The Bertz CT molecular complexity index is 1270. The van der Waals surface area contributed by atoms with Crippen LogP contribution in [-0.2, 0) is 5.41 Å². The molecule has 2 heteroatoms. The third kappa shape index (κ3) is 2.53. The third-order valence-corrected chi connectivity index (χ3v) is 5.64. The normalized spacial score (nSPS) is 11.9. The Morgan fingerprint density at radius 3 is 2.29 bits per heavy atom. The number of hydrogen-bond donors (Lipinski definition) is 0. The number of benzene rings is 3. The molecule has 0 aliphatic rings. The number of para-hydroxylation sites is 1. The maximum Gasteiger partial charge on any atom is 0.145 e. The second kappa shape index (κ2) is 6.35. The smallest absolute Gasteiger partial charge is 0.145 e. The quantitative estimate of drug-likeness (QED) is 0.346. The molecule has 5 rings (SSSR count). The van der Waals surface area contributed by atoms with Gasteiger partial charge >= 0.3 is 0 Å². The van der Waals surface area contributed by atoms with E-state index in [0.717, 1.165) is 27.8 Å². The van der Waals surface area contributed by atoms with Crippen molar-refractivity contribution in [3.63, 3.8) is 0 Å². The van der Waals surface area contributed by atoms with Gasteiger partial charge in [0, 0.05) is 27.9 Å². The fraction of sp³-hybridized carbons (Fsp3) is 0.115. The molecule has 136 valence electrons. The van der Waals surface area contributed by atoms with Gasteiger partial charge in [-0.2, -0.15) is 0 Å². The number of fused-ring (bicyclic) bond motifs is 3. The van der Waals surface area contributed by atoms with E-state index in [0.29, 0.717) is 0 Å². The number of hydrogen-bond acceptors (Lipinski definition) is 2. The van der Waals surface area contributed by atoms with Crippen LogP contribution in [0.3, 0.4) is 0 Å². The van der Waals surface area contributed by atoms with E-state index >= 15 is 0 Å². The summed E-state index contributed by atoms with van der Waals surface area (Å²) in [5, 5.41) is 2.32. The zero-order chi connectivity index (χ0) is 19.1. The average molecular weight is 363 g/mol. The maximum absolute atomic E-state index is 6.37.